The lowest BCUT2D eigenvalue weighted by Gasteiger charge is -2.36. The molecular weight excluding hydrogens is 234 g/mol. The molecule has 104 valence electrons. The smallest absolute Gasteiger partial charge is 0.317 e. The first kappa shape index (κ1) is 14.9. The summed E-state index contributed by atoms with van der Waals surface area (Å²) in [6.45, 7) is 4.34. The largest absolute Gasteiger partial charge is 0.480 e. The van der Waals surface area contributed by atoms with Crippen LogP contribution >= 0.6 is 0 Å². The molecule has 1 aliphatic heterocycles. The molecule has 0 spiro atoms. The Kier molecular flexibility index (Phi) is 6.07. The van der Waals surface area contributed by atoms with Crippen molar-refractivity contribution in [1.29, 1.82) is 0 Å². The van der Waals surface area contributed by atoms with Crippen LogP contribution in [0.15, 0.2) is 0 Å². The summed E-state index contributed by atoms with van der Waals surface area (Å²) in [7, 11) is 0. The van der Waals surface area contributed by atoms with E-state index in [0.29, 0.717) is 12.5 Å². The summed E-state index contributed by atoms with van der Waals surface area (Å²) < 4.78 is 0. The van der Waals surface area contributed by atoms with Crippen LogP contribution in [-0.2, 0) is 9.59 Å². The molecule has 0 radical (unpaired) electrons. The Morgan fingerprint density at radius 1 is 1.56 bits per heavy atom. The Labute approximate surface area is 108 Å². The second-order valence-corrected chi connectivity index (χ2v) is 4.85. The maximum absolute atomic E-state index is 11.3. The van der Waals surface area contributed by atoms with E-state index in [2.05, 4.69) is 10.2 Å². The van der Waals surface area contributed by atoms with E-state index in [9.17, 15) is 9.59 Å². The highest BCUT2D eigenvalue weighted by Crippen LogP contribution is 2.19. The van der Waals surface area contributed by atoms with Crippen molar-refractivity contribution in [3.05, 3.63) is 0 Å². The second kappa shape index (κ2) is 7.33. The first-order chi connectivity index (χ1) is 8.54. The number of amides is 1. The van der Waals surface area contributed by atoms with E-state index in [-0.39, 0.29) is 18.5 Å². The number of carbonyl (C=O) groups excluding carboxylic acids is 1. The molecule has 1 amide bonds. The third kappa shape index (κ3) is 4.62. The van der Waals surface area contributed by atoms with Gasteiger partial charge in [-0.3, -0.25) is 14.5 Å². The van der Waals surface area contributed by atoms with Crippen molar-refractivity contribution < 1.29 is 14.7 Å². The van der Waals surface area contributed by atoms with Gasteiger partial charge in [-0.05, 0) is 38.3 Å². The molecule has 0 aromatic carbocycles. The van der Waals surface area contributed by atoms with E-state index in [1.807, 2.05) is 6.92 Å². The molecule has 1 aliphatic rings. The number of likely N-dealkylation sites (tertiary alicyclic amines) is 1. The highest BCUT2D eigenvalue weighted by Gasteiger charge is 2.27. The zero-order valence-corrected chi connectivity index (χ0v) is 10.9. The van der Waals surface area contributed by atoms with Crippen LogP contribution < -0.4 is 11.1 Å². The third-order valence-corrected chi connectivity index (χ3v) is 3.42. The monoisotopic (exact) mass is 257 g/mol. The van der Waals surface area contributed by atoms with Crippen molar-refractivity contribution in [2.75, 3.05) is 26.2 Å². The molecule has 0 aliphatic carbocycles. The molecule has 1 heterocycles. The lowest BCUT2D eigenvalue weighted by Crippen LogP contribution is -2.50. The van der Waals surface area contributed by atoms with Crippen LogP contribution in [0.5, 0.6) is 0 Å². The molecular formula is C12H23N3O3. The van der Waals surface area contributed by atoms with Gasteiger partial charge in [0, 0.05) is 6.54 Å². The summed E-state index contributed by atoms with van der Waals surface area (Å²) in [5, 5.41) is 11.5. The lowest BCUT2D eigenvalue weighted by molar-refractivity contribution is -0.136. The van der Waals surface area contributed by atoms with Crippen molar-refractivity contribution in [2.45, 2.75) is 32.2 Å². The molecule has 6 nitrogen and oxygen atoms in total. The molecule has 2 atom stereocenters. The Morgan fingerprint density at radius 2 is 2.28 bits per heavy atom. The first-order valence-electron chi connectivity index (χ1n) is 6.50. The number of primary amides is 1. The van der Waals surface area contributed by atoms with Gasteiger partial charge in [0.05, 0.1) is 12.6 Å². The van der Waals surface area contributed by atoms with Gasteiger partial charge in [0.25, 0.3) is 0 Å². The third-order valence-electron chi connectivity index (χ3n) is 3.42. The van der Waals surface area contributed by atoms with Gasteiger partial charge >= 0.3 is 5.97 Å². The van der Waals surface area contributed by atoms with Gasteiger partial charge in [-0.2, -0.15) is 0 Å². The number of carboxylic acids is 1. The minimum absolute atomic E-state index is 0.0104. The van der Waals surface area contributed by atoms with Crippen molar-refractivity contribution in [3.63, 3.8) is 0 Å². The summed E-state index contributed by atoms with van der Waals surface area (Å²) in [4.78, 5) is 23.9. The number of piperidine rings is 1. The molecule has 0 aromatic rings. The topological polar surface area (TPSA) is 95.7 Å². The number of hydrogen-bond donors (Lipinski definition) is 3. The van der Waals surface area contributed by atoms with Crippen molar-refractivity contribution >= 4 is 11.9 Å². The fourth-order valence-corrected chi connectivity index (χ4v) is 2.57. The van der Waals surface area contributed by atoms with Crippen molar-refractivity contribution in [3.8, 4) is 0 Å². The minimum Gasteiger partial charge on any atom is -0.480 e. The van der Waals surface area contributed by atoms with E-state index < -0.39 is 5.97 Å². The van der Waals surface area contributed by atoms with Crippen LogP contribution in [-0.4, -0.2) is 54.1 Å². The number of aliphatic carboxylic acids is 1. The van der Waals surface area contributed by atoms with Crippen LogP contribution in [0.1, 0.15) is 26.2 Å². The van der Waals surface area contributed by atoms with Gasteiger partial charge in [-0.1, -0.05) is 6.92 Å². The molecule has 18 heavy (non-hydrogen) atoms. The minimum atomic E-state index is -0.841. The number of nitrogens with one attached hydrogen (secondary N) is 1. The average molecular weight is 257 g/mol. The summed E-state index contributed by atoms with van der Waals surface area (Å²) in [5.41, 5.74) is 5.39. The molecule has 4 N–H and O–H groups in total. The molecule has 1 fully saturated rings. The van der Waals surface area contributed by atoms with Gasteiger partial charge in [0.15, 0.2) is 0 Å². The SMILES string of the molecule is CCC(C(N)=O)N1CCCC(CNCC(=O)O)C1. The van der Waals surface area contributed by atoms with Gasteiger partial charge in [0.1, 0.15) is 0 Å². The second-order valence-electron chi connectivity index (χ2n) is 4.85. The van der Waals surface area contributed by atoms with E-state index >= 15 is 0 Å². The van der Waals surface area contributed by atoms with Crippen molar-refractivity contribution in [1.82, 2.24) is 10.2 Å². The Hall–Kier alpha value is -1.14. The number of rotatable bonds is 7. The first-order valence-corrected chi connectivity index (χ1v) is 6.50. The molecule has 0 aromatic heterocycles. The van der Waals surface area contributed by atoms with Crippen LogP contribution in [0, 0.1) is 5.92 Å². The Balaban J connectivity index is 2.40. The molecule has 0 bridgehead atoms. The number of hydrogen-bond acceptors (Lipinski definition) is 4. The van der Waals surface area contributed by atoms with Crippen LogP contribution in [0.3, 0.4) is 0 Å². The van der Waals surface area contributed by atoms with Crippen molar-refractivity contribution in [2.24, 2.45) is 11.7 Å². The standard InChI is InChI=1S/C12H23N3O3/c1-2-10(12(13)18)15-5-3-4-9(8-15)6-14-7-11(16)17/h9-10,14H,2-8H2,1H3,(H2,13,18)(H,16,17). The van der Waals surface area contributed by atoms with Crippen LogP contribution in [0.4, 0.5) is 0 Å². The Morgan fingerprint density at radius 3 is 2.83 bits per heavy atom. The van der Waals surface area contributed by atoms with Gasteiger partial charge in [-0.25, -0.2) is 0 Å². The molecule has 6 heteroatoms. The number of nitrogens with two attached hydrogens (primary N) is 1. The van der Waals surface area contributed by atoms with Gasteiger partial charge < -0.3 is 16.2 Å². The number of carboxylic acid groups (broad SMARTS) is 1. The normalized spacial score (nSPS) is 22.6. The zero-order chi connectivity index (χ0) is 13.5. The average Bonchev–Trinajstić information content (AvgIpc) is 2.29. The molecule has 2 unspecified atom stereocenters. The fourth-order valence-electron chi connectivity index (χ4n) is 2.57. The highest BCUT2D eigenvalue weighted by molar-refractivity contribution is 5.79. The summed E-state index contributed by atoms with van der Waals surface area (Å²) >= 11 is 0. The van der Waals surface area contributed by atoms with Crippen LogP contribution in [0.25, 0.3) is 0 Å². The zero-order valence-electron chi connectivity index (χ0n) is 10.9. The van der Waals surface area contributed by atoms with Gasteiger partial charge in [-0.15, -0.1) is 0 Å². The fraction of sp³-hybridized carbons (Fsp3) is 0.833. The van der Waals surface area contributed by atoms with Gasteiger partial charge in [0.2, 0.25) is 5.91 Å². The molecule has 1 rings (SSSR count). The quantitative estimate of drug-likeness (QED) is 0.578. The Bertz CT molecular complexity index is 296. The summed E-state index contributed by atoms with van der Waals surface area (Å²) in [6, 6.07) is -0.188. The molecule has 1 saturated heterocycles. The maximum atomic E-state index is 11.3. The van der Waals surface area contributed by atoms with E-state index in [0.717, 1.165) is 32.4 Å². The van der Waals surface area contributed by atoms with E-state index in [1.54, 1.807) is 0 Å². The lowest BCUT2D eigenvalue weighted by atomic mass is 9.96. The predicted molar refractivity (Wildman–Crippen MR) is 68.1 cm³/mol. The predicted octanol–water partition coefficient (Wildman–Crippen LogP) is -0.363. The van der Waals surface area contributed by atoms with E-state index in [4.69, 9.17) is 10.8 Å². The molecule has 0 saturated carbocycles. The summed E-state index contributed by atoms with van der Waals surface area (Å²) in [5.74, 6) is -0.714. The van der Waals surface area contributed by atoms with E-state index in [1.165, 1.54) is 0 Å². The summed E-state index contributed by atoms with van der Waals surface area (Å²) in [6.07, 6.45) is 2.83. The maximum Gasteiger partial charge on any atom is 0.317 e. The number of nitrogens with zero attached hydrogens (tertiary/aromatic N) is 1. The van der Waals surface area contributed by atoms with Crippen LogP contribution in [0.2, 0.25) is 0 Å². The highest BCUT2D eigenvalue weighted by atomic mass is 16.4. The number of carbonyl (C=O) groups is 2.